The molecule has 2 aromatic rings. The monoisotopic (exact) mass is 308 g/mol. The fourth-order valence-electron chi connectivity index (χ4n) is 2.15. The van der Waals surface area contributed by atoms with E-state index in [2.05, 4.69) is 5.10 Å². The molecule has 0 bridgehead atoms. The van der Waals surface area contributed by atoms with Crippen LogP contribution in [0.5, 0.6) is 0 Å². The number of benzene rings is 1. The Labute approximate surface area is 125 Å². The molecule has 0 radical (unpaired) electrons. The minimum atomic E-state index is -3.72. The molecule has 6 nitrogen and oxygen atoms in total. The van der Waals surface area contributed by atoms with E-state index >= 15 is 0 Å². The molecule has 0 unspecified atom stereocenters. The lowest BCUT2D eigenvalue weighted by molar-refractivity contribution is 0.590. The summed E-state index contributed by atoms with van der Waals surface area (Å²) in [5.41, 5.74) is 7.28. The quantitative estimate of drug-likeness (QED) is 0.916. The highest BCUT2D eigenvalue weighted by molar-refractivity contribution is 7.93. The summed E-state index contributed by atoms with van der Waals surface area (Å²) in [7, 11) is -2.20. The minimum Gasteiger partial charge on any atom is -0.381 e. The van der Waals surface area contributed by atoms with Crippen molar-refractivity contribution in [3.05, 3.63) is 36.0 Å². The number of aromatic nitrogens is 2. The van der Waals surface area contributed by atoms with Crippen LogP contribution in [-0.4, -0.2) is 25.2 Å². The van der Waals surface area contributed by atoms with Crippen molar-refractivity contribution in [3.63, 3.8) is 0 Å². The zero-order valence-corrected chi connectivity index (χ0v) is 13.3. The average molecular weight is 308 g/mol. The Bertz CT molecular complexity index is 737. The van der Waals surface area contributed by atoms with E-state index in [0.29, 0.717) is 12.2 Å². The van der Waals surface area contributed by atoms with Crippen LogP contribution in [0.2, 0.25) is 0 Å². The molecule has 2 rings (SSSR count). The molecule has 2 N–H and O–H groups in total. The van der Waals surface area contributed by atoms with Crippen molar-refractivity contribution >= 4 is 21.5 Å². The number of nitrogen functional groups attached to an aromatic ring is 1. The Hall–Kier alpha value is -2.02. The third kappa shape index (κ3) is 2.87. The molecular weight excluding hydrogens is 288 g/mol. The fourth-order valence-corrected chi connectivity index (χ4v) is 3.47. The van der Waals surface area contributed by atoms with Gasteiger partial charge in [0.2, 0.25) is 0 Å². The summed E-state index contributed by atoms with van der Waals surface area (Å²) >= 11 is 0. The third-order valence-electron chi connectivity index (χ3n) is 3.30. The van der Waals surface area contributed by atoms with Gasteiger partial charge in [0.15, 0.2) is 5.82 Å². The molecular formula is C14H20N4O2S. The van der Waals surface area contributed by atoms with Crippen molar-refractivity contribution in [1.29, 1.82) is 0 Å². The van der Waals surface area contributed by atoms with Crippen LogP contribution in [0.4, 0.5) is 11.5 Å². The van der Waals surface area contributed by atoms with Crippen molar-refractivity contribution in [2.45, 2.75) is 31.7 Å². The highest BCUT2D eigenvalue weighted by atomic mass is 32.2. The van der Waals surface area contributed by atoms with Crippen LogP contribution in [-0.2, 0) is 16.6 Å². The van der Waals surface area contributed by atoms with Crippen LogP contribution in [0.25, 0.3) is 0 Å². The fraction of sp³-hybridized carbons (Fsp3) is 0.357. The highest BCUT2D eigenvalue weighted by Gasteiger charge is 2.27. The molecule has 114 valence electrons. The van der Waals surface area contributed by atoms with E-state index in [4.69, 9.17) is 5.73 Å². The molecule has 1 aromatic heterocycles. The Kier molecular flexibility index (Phi) is 4.22. The maximum atomic E-state index is 12.7. The van der Waals surface area contributed by atoms with E-state index < -0.39 is 10.0 Å². The first-order valence-corrected chi connectivity index (χ1v) is 8.19. The first-order chi connectivity index (χ1) is 9.87. The Morgan fingerprint density at radius 3 is 2.62 bits per heavy atom. The number of nitrogens with zero attached hydrogens (tertiary/aromatic N) is 3. The van der Waals surface area contributed by atoms with E-state index in [0.717, 1.165) is 12.0 Å². The summed E-state index contributed by atoms with van der Waals surface area (Å²) in [5.74, 6) is 0.0314. The van der Waals surface area contributed by atoms with E-state index in [1.54, 1.807) is 16.8 Å². The lowest BCUT2D eigenvalue weighted by Crippen LogP contribution is -2.27. The van der Waals surface area contributed by atoms with Crippen LogP contribution in [0.15, 0.2) is 35.4 Å². The van der Waals surface area contributed by atoms with E-state index in [-0.39, 0.29) is 10.7 Å². The largest absolute Gasteiger partial charge is 0.381 e. The number of aryl methyl sites for hydroxylation is 2. The number of rotatable bonds is 5. The molecule has 0 atom stereocenters. The standard InChI is InChI=1S/C14H20N4O2S/c1-4-9-18-10-13(14(15)16-18)21(19,20)17(3)12-8-6-5-7-11(12)2/h5-8,10H,4,9H2,1-3H3,(H2,15,16). The number of hydrogen-bond acceptors (Lipinski definition) is 4. The van der Waals surface area contributed by atoms with Gasteiger partial charge in [-0.3, -0.25) is 8.99 Å². The average Bonchev–Trinajstić information content (AvgIpc) is 2.80. The Morgan fingerprint density at radius 1 is 1.33 bits per heavy atom. The summed E-state index contributed by atoms with van der Waals surface area (Å²) in [6, 6.07) is 7.30. The van der Waals surface area contributed by atoms with Crippen molar-refractivity contribution < 1.29 is 8.42 Å². The zero-order valence-electron chi connectivity index (χ0n) is 12.4. The zero-order chi connectivity index (χ0) is 15.6. The van der Waals surface area contributed by atoms with Crippen LogP contribution in [0.1, 0.15) is 18.9 Å². The normalized spacial score (nSPS) is 11.6. The number of para-hydroxylation sites is 1. The summed E-state index contributed by atoms with van der Waals surface area (Å²) in [6.45, 7) is 4.49. The van der Waals surface area contributed by atoms with Gasteiger partial charge in [-0.2, -0.15) is 5.10 Å². The van der Waals surface area contributed by atoms with Crippen molar-refractivity contribution in [3.8, 4) is 0 Å². The Balaban J connectivity index is 2.45. The molecule has 0 aliphatic rings. The smallest absolute Gasteiger partial charge is 0.269 e. The molecule has 0 saturated carbocycles. The van der Waals surface area contributed by atoms with Crippen LogP contribution in [0.3, 0.4) is 0 Å². The number of anilines is 2. The van der Waals surface area contributed by atoms with E-state index in [9.17, 15) is 8.42 Å². The van der Waals surface area contributed by atoms with Gasteiger partial charge < -0.3 is 5.73 Å². The number of hydrogen-bond donors (Lipinski definition) is 1. The maximum absolute atomic E-state index is 12.7. The second-order valence-corrected chi connectivity index (χ2v) is 6.84. The van der Waals surface area contributed by atoms with Gasteiger partial charge in [0, 0.05) is 19.8 Å². The maximum Gasteiger partial charge on any atom is 0.269 e. The summed E-state index contributed by atoms with van der Waals surface area (Å²) in [4.78, 5) is 0.0432. The highest BCUT2D eigenvalue weighted by Crippen LogP contribution is 2.27. The predicted octanol–water partition coefficient (Wildman–Crippen LogP) is 2.01. The van der Waals surface area contributed by atoms with E-state index in [1.165, 1.54) is 17.5 Å². The summed E-state index contributed by atoms with van der Waals surface area (Å²) in [5, 5.41) is 4.05. The van der Waals surface area contributed by atoms with Gasteiger partial charge >= 0.3 is 0 Å². The third-order valence-corrected chi connectivity index (χ3v) is 5.09. The van der Waals surface area contributed by atoms with Gasteiger partial charge in [0.1, 0.15) is 4.90 Å². The van der Waals surface area contributed by atoms with Gasteiger partial charge in [-0.25, -0.2) is 8.42 Å². The summed E-state index contributed by atoms with van der Waals surface area (Å²) < 4.78 is 28.2. The van der Waals surface area contributed by atoms with Crippen molar-refractivity contribution in [2.75, 3.05) is 17.1 Å². The first-order valence-electron chi connectivity index (χ1n) is 6.75. The molecule has 1 aromatic carbocycles. The van der Waals surface area contributed by atoms with Gasteiger partial charge in [-0.05, 0) is 25.0 Å². The SMILES string of the molecule is CCCn1cc(S(=O)(=O)N(C)c2ccccc2C)c(N)n1. The van der Waals surface area contributed by atoms with Gasteiger partial charge in [0.25, 0.3) is 10.0 Å². The minimum absolute atomic E-state index is 0.0314. The molecule has 1 heterocycles. The molecule has 0 aliphatic heterocycles. The van der Waals surface area contributed by atoms with Gasteiger partial charge in [0.05, 0.1) is 5.69 Å². The van der Waals surface area contributed by atoms with Crippen LogP contribution >= 0.6 is 0 Å². The second-order valence-electron chi connectivity index (χ2n) is 4.90. The predicted molar refractivity (Wildman–Crippen MR) is 83.7 cm³/mol. The van der Waals surface area contributed by atoms with Gasteiger partial charge in [-0.1, -0.05) is 25.1 Å². The molecule has 0 spiro atoms. The number of sulfonamides is 1. The van der Waals surface area contributed by atoms with Gasteiger partial charge in [-0.15, -0.1) is 0 Å². The lowest BCUT2D eigenvalue weighted by atomic mass is 10.2. The second kappa shape index (κ2) is 5.77. The molecule has 0 amide bonds. The lowest BCUT2D eigenvalue weighted by Gasteiger charge is -2.20. The molecule has 0 aliphatic carbocycles. The molecule has 7 heteroatoms. The number of nitrogens with two attached hydrogens (primary N) is 1. The molecule has 21 heavy (non-hydrogen) atoms. The van der Waals surface area contributed by atoms with E-state index in [1.807, 2.05) is 26.0 Å². The molecule has 0 saturated heterocycles. The van der Waals surface area contributed by atoms with Crippen molar-refractivity contribution in [2.24, 2.45) is 0 Å². The van der Waals surface area contributed by atoms with Crippen LogP contribution < -0.4 is 10.0 Å². The first kappa shape index (κ1) is 15.4. The molecule has 0 fully saturated rings. The van der Waals surface area contributed by atoms with Crippen molar-refractivity contribution in [1.82, 2.24) is 9.78 Å². The summed E-state index contributed by atoms with van der Waals surface area (Å²) in [6.07, 6.45) is 2.34. The Morgan fingerprint density at radius 2 is 2.00 bits per heavy atom. The van der Waals surface area contributed by atoms with Crippen LogP contribution in [0, 0.1) is 6.92 Å². The topological polar surface area (TPSA) is 81.2 Å².